The number of carbonyl (C=O) groups is 1. The highest BCUT2D eigenvalue weighted by atomic mass is 16.1. The average Bonchev–Trinajstić information content (AvgIpc) is 2.73. The van der Waals surface area contributed by atoms with Crippen LogP contribution in [0.1, 0.15) is 30.9 Å². The van der Waals surface area contributed by atoms with Gasteiger partial charge in [0.25, 0.3) is 0 Å². The smallest absolute Gasteiger partial charge is 0.217 e. The Labute approximate surface area is 102 Å². The zero-order chi connectivity index (χ0) is 12.3. The van der Waals surface area contributed by atoms with Gasteiger partial charge in [-0.1, -0.05) is 24.3 Å². The van der Waals surface area contributed by atoms with Gasteiger partial charge in [-0.25, -0.2) is 0 Å². The monoisotopic (exact) mass is 233 g/mol. The Morgan fingerprint density at radius 1 is 1.53 bits per heavy atom. The van der Waals surface area contributed by atoms with Crippen LogP contribution < -0.4 is 16.2 Å². The molecule has 4 nitrogen and oxygen atoms in total. The van der Waals surface area contributed by atoms with Crippen LogP contribution in [0.5, 0.6) is 0 Å². The lowest BCUT2D eigenvalue weighted by Gasteiger charge is -2.15. The summed E-state index contributed by atoms with van der Waals surface area (Å²) in [5.74, 6) is 0.500. The quantitative estimate of drug-likeness (QED) is 0.727. The summed E-state index contributed by atoms with van der Waals surface area (Å²) in [6.07, 6.45) is 0. The van der Waals surface area contributed by atoms with E-state index in [4.69, 9.17) is 0 Å². The number of benzene rings is 1. The van der Waals surface area contributed by atoms with Crippen LogP contribution in [0.4, 0.5) is 0 Å². The lowest BCUT2D eigenvalue weighted by molar-refractivity contribution is -0.119. The van der Waals surface area contributed by atoms with Crippen molar-refractivity contribution < 1.29 is 4.79 Å². The number of carbonyl (C=O) groups excluding carboxylic acids is 1. The first-order valence-electron chi connectivity index (χ1n) is 5.98. The van der Waals surface area contributed by atoms with Gasteiger partial charge >= 0.3 is 0 Å². The molecule has 0 aromatic heterocycles. The van der Waals surface area contributed by atoms with E-state index < -0.39 is 0 Å². The standard InChI is InChI=1S/C13H19N3O/c1-9-13(8-15-16-9)12-5-3-4-11(6-12)7-14-10(2)17/h3-6,9,13,15-16H,7-8H2,1-2H3,(H,14,17). The molecule has 1 heterocycles. The van der Waals surface area contributed by atoms with E-state index in [-0.39, 0.29) is 5.91 Å². The van der Waals surface area contributed by atoms with Gasteiger partial charge in [-0.3, -0.25) is 15.6 Å². The van der Waals surface area contributed by atoms with Crippen LogP contribution in [0, 0.1) is 0 Å². The maximum atomic E-state index is 10.9. The molecule has 1 amide bonds. The highest BCUT2D eigenvalue weighted by Gasteiger charge is 2.24. The maximum Gasteiger partial charge on any atom is 0.217 e. The molecule has 1 saturated heterocycles. The fourth-order valence-corrected chi connectivity index (χ4v) is 2.17. The fourth-order valence-electron chi connectivity index (χ4n) is 2.17. The van der Waals surface area contributed by atoms with Gasteiger partial charge in [0.15, 0.2) is 0 Å². The first-order valence-corrected chi connectivity index (χ1v) is 5.98. The van der Waals surface area contributed by atoms with Crippen molar-refractivity contribution in [2.45, 2.75) is 32.4 Å². The van der Waals surface area contributed by atoms with E-state index in [2.05, 4.69) is 41.3 Å². The fraction of sp³-hybridized carbons (Fsp3) is 0.462. The summed E-state index contributed by atoms with van der Waals surface area (Å²) < 4.78 is 0. The van der Waals surface area contributed by atoms with E-state index in [9.17, 15) is 4.79 Å². The highest BCUT2D eigenvalue weighted by Crippen LogP contribution is 2.22. The third kappa shape index (κ3) is 3.05. The maximum absolute atomic E-state index is 10.9. The molecule has 0 bridgehead atoms. The first-order chi connectivity index (χ1) is 8.16. The van der Waals surface area contributed by atoms with Crippen molar-refractivity contribution >= 4 is 5.91 Å². The molecule has 1 aliphatic heterocycles. The van der Waals surface area contributed by atoms with Gasteiger partial charge in [0, 0.05) is 32.0 Å². The summed E-state index contributed by atoms with van der Waals surface area (Å²) in [5, 5.41) is 2.82. The summed E-state index contributed by atoms with van der Waals surface area (Å²) >= 11 is 0. The minimum absolute atomic E-state index is 0.00738. The van der Waals surface area contributed by atoms with Gasteiger partial charge in [0.1, 0.15) is 0 Å². The number of amides is 1. The van der Waals surface area contributed by atoms with Crippen molar-refractivity contribution in [1.82, 2.24) is 16.2 Å². The summed E-state index contributed by atoms with van der Waals surface area (Å²) in [6.45, 7) is 5.26. The number of hydrogen-bond acceptors (Lipinski definition) is 3. The molecule has 0 saturated carbocycles. The van der Waals surface area contributed by atoms with E-state index in [1.165, 1.54) is 12.5 Å². The van der Waals surface area contributed by atoms with Crippen molar-refractivity contribution in [3.05, 3.63) is 35.4 Å². The lowest BCUT2D eigenvalue weighted by atomic mass is 9.93. The van der Waals surface area contributed by atoms with Crippen LogP contribution in [0.2, 0.25) is 0 Å². The third-order valence-electron chi connectivity index (χ3n) is 3.18. The predicted octanol–water partition coefficient (Wildman–Crippen LogP) is 0.903. The summed E-state index contributed by atoms with van der Waals surface area (Å²) in [7, 11) is 0. The zero-order valence-corrected chi connectivity index (χ0v) is 10.3. The summed E-state index contributed by atoms with van der Waals surface area (Å²) in [6, 6.07) is 8.85. The molecule has 1 fully saturated rings. The number of nitrogens with one attached hydrogen (secondary N) is 3. The van der Waals surface area contributed by atoms with Gasteiger partial charge in [-0.15, -0.1) is 0 Å². The Kier molecular flexibility index (Phi) is 3.76. The van der Waals surface area contributed by atoms with Crippen molar-refractivity contribution in [3.8, 4) is 0 Å². The average molecular weight is 233 g/mol. The molecule has 0 spiro atoms. The van der Waals surface area contributed by atoms with Crippen LogP contribution in [0.25, 0.3) is 0 Å². The van der Waals surface area contributed by atoms with Crippen molar-refractivity contribution in [2.24, 2.45) is 0 Å². The second-order valence-electron chi connectivity index (χ2n) is 4.58. The Hall–Kier alpha value is -1.39. The van der Waals surface area contributed by atoms with Gasteiger partial charge in [-0.05, 0) is 18.1 Å². The second kappa shape index (κ2) is 5.29. The topological polar surface area (TPSA) is 53.2 Å². The van der Waals surface area contributed by atoms with Crippen LogP contribution in [-0.4, -0.2) is 18.5 Å². The lowest BCUT2D eigenvalue weighted by Crippen LogP contribution is -2.28. The van der Waals surface area contributed by atoms with E-state index >= 15 is 0 Å². The second-order valence-corrected chi connectivity index (χ2v) is 4.58. The molecule has 2 unspecified atom stereocenters. The van der Waals surface area contributed by atoms with Crippen LogP contribution in [0.15, 0.2) is 24.3 Å². The SMILES string of the molecule is CC(=O)NCc1cccc(C2CNNC2C)c1. The third-order valence-corrected chi connectivity index (χ3v) is 3.18. The molecule has 4 heteroatoms. The molecule has 2 atom stereocenters. The molecule has 2 rings (SSSR count). The highest BCUT2D eigenvalue weighted by molar-refractivity contribution is 5.72. The van der Waals surface area contributed by atoms with Crippen LogP contribution in [-0.2, 0) is 11.3 Å². The molecule has 1 aliphatic rings. The first kappa shape index (κ1) is 12.1. The molecule has 0 radical (unpaired) electrons. The summed E-state index contributed by atoms with van der Waals surface area (Å²) in [4.78, 5) is 10.9. The molecule has 92 valence electrons. The van der Waals surface area contributed by atoms with Gasteiger partial charge < -0.3 is 5.32 Å². The molecule has 1 aromatic carbocycles. The number of hydrazine groups is 1. The number of hydrogen-bond donors (Lipinski definition) is 3. The largest absolute Gasteiger partial charge is 0.352 e. The molecule has 1 aromatic rings. The van der Waals surface area contributed by atoms with Gasteiger partial charge in [-0.2, -0.15) is 0 Å². The van der Waals surface area contributed by atoms with E-state index in [1.54, 1.807) is 0 Å². The van der Waals surface area contributed by atoms with Crippen LogP contribution >= 0.6 is 0 Å². The zero-order valence-electron chi connectivity index (χ0n) is 10.3. The van der Waals surface area contributed by atoms with Gasteiger partial charge in [0.05, 0.1) is 0 Å². The van der Waals surface area contributed by atoms with Crippen molar-refractivity contribution in [2.75, 3.05) is 6.54 Å². The van der Waals surface area contributed by atoms with Crippen molar-refractivity contribution in [3.63, 3.8) is 0 Å². The minimum atomic E-state index is 0.00738. The van der Waals surface area contributed by atoms with E-state index in [0.717, 1.165) is 12.1 Å². The molecular weight excluding hydrogens is 214 g/mol. The Morgan fingerprint density at radius 3 is 3.00 bits per heavy atom. The number of rotatable bonds is 3. The van der Waals surface area contributed by atoms with Crippen molar-refractivity contribution in [1.29, 1.82) is 0 Å². The van der Waals surface area contributed by atoms with Crippen LogP contribution in [0.3, 0.4) is 0 Å². The van der Waals surface area contributed by atoms with E-state index in [1.807, 2.05) is 6.07 Å². The molecule has 3 N–H and O–H groups in total. The molecular formula is C13H19N3O. The summed E-state index contributed by atoms with van der Waals surface area (Å²) in [5.41, 5.74) is 8.86. The normalized spacial score (nSPS) is 23.6. The molecule has 0 aliphatic carbocycles. The van der Waals surface area contributed by atoms with Gasteiger partial charge in [0.2, 0.25) is 5.91 Å². The van der Waals surface area contributed by atoms with E-state index in [0.29, 0.717) is 18.5 Å². The Balaban J connectivity index is 2.08. The Morgan fingerprint density at radius 2 is 2.35 bits per heavy atom. The minimum Gasteiger partial charge on any atom is -0.352 e. The molecule has 17 heavy (non-hydrogen) atoms. The predicted molar refractivity (Wildman–Crippen MR) is 67.3 cm³/mol. The Bertz CT molecular complexity index is 405.